The molecule has 0 aliphatic carbocycles. The highest BCUT2D eigenvalue weighted by molar-refractivity contribution is 6.31. The molecule has 0 bridgehead atoms. The van der Waals surface area contributed by atoms with Crippen molar-refractivity contribution in [2.45, 2.75) is 19.6 Å². The lowest BCUT2D eigenvalue weighted by Gasteiger charge is -2.09. The lowest BCUT2D eigenvalue weighted by atomic mass is 10.1. The Labute approximate surface area is 166 Å². The van der Waals surface area contributed by atoms with Crippen molar-refractivity contribution in [1.82, 2.24) is 5.32 Å². The summed E-state index contributed by atoms with van der Waals surface area (Å²) in [7, 11) is 0. The van der Waals surface area contributed by atoms with Crippen LogP contribution in [-0.2, 0) is 19.6 Å². The van der Waals surface area contributed by atoms with Crippen LogP contribution in [0.3, 0.4) is 0 Å². The number of hydrogen-bond donors (Lipinski definition) is 1. The van der Waals surface area contributed by atoms with E-state index in [0.29, 0.717) is 6.61 Å². The zero-order valence-electron chi connectivity index (χ0n) is 14.5. The molecule has 0 radical (unpaired) electrons. The fourth-order valence-electron chi connectivity index (χ4n) is 2.59. The largest absolute Gasteiger partial charge is 0.489 e. The predicted octanol–water partition coefficient (Wildman–Crippen LogP) is 5.67. The number of ether oxygens (including phenoxy) is 1. The van der Waals surface area contributed by atoms with Crippen molar-refractivity contribution in [3.05, 3.63) is 101 Å². The highest BCUT2D eigenvalue weighted by Crippen LogP contribution is 2.19. The minimum Gasteiger partial charge on any atom is -0.489 e. The molecule has 0 aliphatic heterocycles. The molecular weight excluding hydrogens is 365 g/mol. The Morgan fingerprint density at radius 1 is 0.769 bits per heavy atom. The Kier molecular flexibility index (Phi) is 8.49. The van der Waals surface area contributed by atoms with Crippen LogP contribution in [-0.4, -0.2) is 6.54 Å². The summed E-state index contributed by atoms with van der Waals surface area (Å²) < 4.78 is 5.81. The molecule has 4 heteroatoms. The molecule has 1 N–H and O–H groups in total. The molecule has 0 saturated carbocycles. The highest BCUT2D eigenvalue weighted by atomic mass is 35.5. The van der Waals surface area contributed by atoms with Crippen molar-refractivity contribution in [1.29, 1.82) is 0 Å². The summed E-state index contributed by atoms with van der Waals surface area (Å²) >= 11 is 6.14. The van der Waals surface area contributed by atoms with Gasteiger partial charge in [0.15, 0.2) is 0 Å². The minimum atomic E-state index is 0. The van der Waals surface area contributed by atoms with Crippen molar-refractivity contribution < 1.29 is 4.74 Å². The molecule has 0 amide bonds. The van der Waals surface area contributed by atoms with Crippen LogP contribution in [0.15, 0.2) is 78.9 Å². The van der Waals surface area contributed by atoms with E-state index in [2.05, 4.69) is 41.7 Å². The lowest BCUT2D eigenvalue weighted by molar-refractivity contribution is 0.306. The molecule has 2 nitrogen and oxygen atoms in total. The number of benzene rings is 3. The Morgan fingerprint density at radius 3 is 2.19 bits per heavy atom. The third kappa shape index (κ3) is 6.38. The standard InChI is InChI=1S/C22H22ClNO.ClH/c23-22-9-5-4-8-20(22)17-25-21-12-10-19(11-13-21)16-24-15-14-18-6-2-1-3-7-18;/h1-13,24H,14-17H2;1H. The van der Waals surface area contributed by atoms with Gasteiger partial charge in [-0.3, -0.25) is 0 Å². The van der Waals surface area contributed by atoms with Gasteiger partial charge in [-0.15, -0.1) is 12.4 Å². The maximum atomic E-state index is 6.14. The fourth-order valence-corrected chi connectivity index (χ4v) is 2.78. The van der Waals surface area contributed by atoms with Gasteiger partial charge >= 0.3 is 0 Å². The Hall–Kier alpha value is -2.00. The zero-order valence-corrected chi connectivity index (χ0v) is 16.1. The topological polar surface area (TPSA) is 21.3 Å². The van der Waals surface area contributed by atoms with Crippen LogP contribution in [0.5, 0.6) is 5.75 Å². The van der Waals surface area contributed by atoms with Crippen LogP contribution < -0.4 is 10.1 Å². The maximum Gasteiger partial charge on any atom is 0.119 e. The molecule has 3 aromatic rings. The molecule has 0 aliphatic rings. The van der Waals surface area contributed by atoms with E-state index in [0.717, 1.165) is 35.8 Å². The van der Waals surface area contributed by atoms with Gasteiger partial charge in [-0.1, -0.05) is 72.3 Å². The van der Waals surface area contributed by atoms with E-state index < -0.39 is 0 Å². The van der Waals surface area contributed by atoms with Crippen molar-refractivity contribution in [3.8, 4) is 5.75 Å². The van der Waals surface area contributed by atoms with Gasteiger partial charge in [0.2, 0.25) is 0 Å². The van der Waals surface area contributed by atoms with E-state index in [1.807, 2.05) is 42.5 Å². The van der Waals surface area contributed by atoms with Crippen LogP contribution in [0.25, 0.3) is 0 Å². The molecule has 0 atom stereocenters. The first-order valence-corrected chi connectivity index (χ1v) is 8.89. The van der Waals surface area contributed by atoms with Crippen molar-refractivity contribution in [2.24, 2.45) is 0 Å². The second kappa shape index (κ2) is 10.9. The average molecular weight is 388 g/mol. The van der Waals surface area contributed by atoms with Gasteiger partial charge in [0.25, 0.3) is 0 Å². The van der Waals surface area contributed by atoms with Gasteiger partial charge in [-0.2, -0.15) is 0 Å². The molecule has 0 fully saturated rings. The van der Waals surface area contributed by atoms with E-state index >= 15 is 0 Å². The summed E-state index contributed by atoms with van der Waals surface area (Å²) in [6.07, 6.45) is 1.04. The van der Waals surface area contributed by atoms with Gasteiger partial charge in [0.1, 0.15) is 12.4 Å². The summed E-state index contributed by atoms with van der Waals surface area (Å²) in [6, 6.07) is 26.5. The third-order valence-corrected chi connectivity index (χ3v) is 4.41. The van der Waals surface area contributed by atoms with E-state index in [1.54, 1.807) is 0 Å². The predicted molar refractivity (Wildman–Crippen MR) is 111 cm³/mol. The smallest absolute Gasteiger partial charge is 0.119 e. The first-order chi connectivity index (χ1) is 12.3. The molecule has 0 saturated heterocycles. The Bertz CT molecular complexity index is 776. The molecule has 3 rings (SSSR count). The van der Waals surface area contributed by atoms with Crippen LogP contribution in [0.4, 0.5) is 0 Å². The van der Waals surface area contributed by atoms with Gasteiger partial charge in [0, 0.05) is 17.1 Å². The quantitative estimate of drug-likeness (QED) is 0.502. The SMILES string of the molecule is Cl.Clc1ccccc1COc1ccc(CNCCc2ccccc2)cc1. The number of rotatable bonds is 8. The fraction of sp³-hybridized carbons (Fsp3) is 0.182. The highest BCUT2D eigenvalue weighted by Gasteiger charge is 2.01. The molecule has 0 unspecified atom stereocenters. The summed E-state index contributed by atoms with van der Waals surface area (Å²) in [5.74, 6) is 0.855. The minimum absolute atomic E-state index is 0. The lowest BCUT2D eigenvalue weighted by Crippen LogP contribution is -2.16. The summed E-state index contributed by atoms with van der Waals surface area (Å²) in [5.41, 5.74) is 3.60. The van der Waals surface area contributed by atoms with E-state index in [4.69, 9.17) is 16.3 Å². The second-order valence-corrected chi connectivity index (χ2v) is 6.34. The summed E-state index contributed by atoms with van der Waals surface area (Å²) in [4.78, 5) is 0. The molecular formula is C22H23Cl2NO. The molecule has 3 aromatic carbocycles. The van der Waals surface area contributed by atoms with Gasteiger partial charge < -0.3 is 10.1 Å². The second-order valence-electron chi connectivity index (χ2n) is 5.94. The summed E-state index contributed by atoms with van der Waals surface area (Å²) in [5, 5.41) is 4.21. The molecule has 0 heterocycles. The van der Waals surface area contributed by atoms with Crippen LogP contribution in [0.2, 0.25) is 5.02 Å². The average Bonchev–Trinajstić information content (AvgIpc) is 2.66. The number of nitrogens with one attached hydrogen (secondary N) is 1. The normalized spacial score (nSPS) is 10.2. The maximum absolute atomic E-state index is 6.14. The van der Waals surface area contributed by atoms with E-state index in [1.165, 1.54) is 11.1 Å². The Balaban J connectivity index is 0.00000243. The van der Waals surface area contributed by atoms with Crippen LogP contribution in [0.1, 0.15) is 16.7 Å². The van der Waals surface area contributed by atoms with Crippen LogP contribution in [0, 0.1) is 0 Å². The zero-order chi connectivity index (χ0) is 17.3. The van der Waals surface area contributed by atoms with Crippen molar-refractivity contribution in [2.75, 3.05) is 6.54 Å². The van der Waals surface area contributed by atoms with E-state index in [-0.39, 0.29) is 12.4 Å². The third-order valence-electron chi connectivity index (χ3n) is 4.04. The number of hydrogen-bond acceptors (Lipinski definition) is 2. The molecule has 26 heavy (non-hydrogen) atoms. The molecule has 0 aromatic heterocycles. The van der Waals surface area contributed by atoms with Gasteiger partial charge in [-0.05, 0) is 42.3 Å². The first-order valence-electron chi connectivity index (χ1n) is 8.51. The number of halogens is 2. The van der Waals surface area contributed by atoms with Gasteiger partial charge in [-0.25, -0.2) is 0 Å². The van der Waals surface area contributed by atoms with Gasteiger partial charge in [0.05, 0.1) is 0 Å². The van der Waals surface area contributed by atoms with Crippen LogP contribution >= 0.6 is 24.0 Å². The monoisotopic (exact) mass is 387 g/mol. The Morgan fingerprint density at radius 2 is 1.46 bits per heavy atom. The molecule has 0 spiro atoms. The van der Waals surface area contributed by atoms with E-state index in [9.17, 15) is 0 Å². The first kappa shape index (κ1) is 20.3. The molecule has 136 valence electrons. The summed E-state index contributed by atoms with van der Waals surface area (Å²) in [6.45, 7) is 2.31. The van der Waals surface area contributed by atoms with Crippen molar-refractivity contribution >= 4 is 24.0 Å². The van der Waals surface area contributed by atoms with Crippen molar-refractivity contribution in [3.63, 3.8) is 0 Å².